The van der Waals surface area contributed by atoms with Gasteiger partial charge in [0.1, 0.15) is 17.7 Å². The van der Waals surface area contributed by atoms with Crippen molar-refractivity contribution < 1.29 is 17.9 Å². The molecule has 2 N–H and O–H groups in total. The van der Waals surface area contributed by atoms with Crippen molar-refractivity contribution in [3.63, 3.8) is 0 Å². The van der Waals surface area contributed by atoms with Gasteiger partial charge in [-0.05, 0) is 48.9 Å². The molecule has 5 aromatic rings. The average Bonchev–Trinajstić information content (AvgIpc) is 3.50. The molecule has 12 heteroatoms. The molecule has 1 aliphatic rings. The molecule has 186 valence electrons. The second kappa shape index (κ2) is 8.91. The highest BCUT2D eigenvalue weighted by Gasteiger charge is 2.22. The highest BCUT2D eigenvalue weighted by atomic mass is 32.2. The van der Waals surface area contributed by atoms with E-state index in [0.717, 1.165) is 36.1 Å². The van der Waals surface area contributed by atoms with Crippen LogP contribution in [0.1, 0.15) is 20.8 Å². The fourth-order valence-electron chi connectivity index (χ4n) is 4.08. The van der Waals surface area contributed by atoms with Gasteiger partial charge >= 0.3 is 0 Å². The van der Waals surface area contributed by atoms with Gasteiger partial charge in [0.05, 0.1) is 33.6 Å². The van der Waals surface area contributed by atoms with Crippen LogP contribution in [-0.2, 0) is 16.6 Å². The van der Waals surface area contributed by atoms with Gasteiger partial charge in [-0.3, -0.25) is 9.52 Å². The summed E-state index contributed by atoms with van der Waals surface area (Å²) in [7, 11) is -2.63. The first kappa shape index (κ1) is 23.5. The minimum Gasteiger partial charge on any atom is -0.480 e. The molecule has 6 rings (SSSR count). The van der Waals surface area contributed by atoms with Gasteiger partial charge in [-0.2, -0.15) is 0 Å². The first-order valence-corrected chi connectivity index (χ1v) is 14.2. The number of methoxy groups -OCH3 is 1. The van der Waals surface area contributed by atoms with E-state index in [-0.39, 0.29) is 27.9 Å². The number of benzene rings is 1. The third-order valence-corrected chi connectivity index (χ3v) is 9.74. The van der Waals surface area contributed by atoms with Crippen LogP contribution in [0.3, 0.4) is 0 Å². The van der Waals surface area contributed by atoms with E-state index in [1.165, 1.54) is 43.0 Å². The fraction of sp³-hybridized carbons (Fsp3) is 0.120. The smallest absolute Gasteiger partial charge is 0.262 e. The summed E-state index contributed by atoms with van der Waals surface area (Å²) in [5.74, 6) is -0.250. The Labute approximate surface area is 220 Å². The van der Waals surface area contributed by atoms with Gasteiger partial charge in [0.25, 0.3) is 15.9 Å². The Morgan fingerprint density at radius 1 is 1.00 bits per heavy atom. The number of anilines is 1. The summed E-state index contributed by atoms with van der Waals surface area (Å²) in [6.07, 6.45) is 3.16. The van der Waals surface area contributed by atoms with Crippen LogP contribution in [0.2, 0.25) is 0 Å². The quantitative estimate of drug-likeness (QED) is 0.307. The Kier molecular flexibility index (Phi) is 5.66. The lowest BCUT2D eigenvalue weighted by Gasteiger charge is -2.13. The number of thiophene rings is 2. The minimum absolute atomic E-state index is 0.0508. The van der Waals surface area contributed by atoms with E-state index in [1.54, 1.807) is 29.7 Å². The Balaban J connectivity index is 1.58. The maximum Gasteiger partial charge on any atom is 0.262 e. The number of rotatable bonds is 1. The minimum atomic E-state index is -4.05. The number of hydrogen-bond donors (Lipinski definition) is 2. The highest BCUT2D eigenvalue weighted by Crippen LogP contribution is 2.41. The summed E-state index contributed by atoms with van der Waals surface area (Å²) in [6, 6.07) is 11.6. The Morgan fingerprint density at radius 2 is 1.86 bits per heavy atom. The maximum atomic E-state index is 13.3. The largest absolute Gasteiger partial charge is 0.480 e. The van der Waals surface area contributed by atoms with Crippen molar-refractivity contribution in [2.75, 3.05) is 11.8 Å². The summed E-state index contributed by atoms with van der Waals surface area (Å²) in [6.45, 7) is 2.30. The molecule has 0 aliphatic carbocycles. The van der Waals surface area contributed by atoms with E-state index >= 15 is 0 Å². The third-order valence-electron chi connectivity index (χ3n) is 5.95. The number of nitrogens with one attached hydrogen (secondary N) is 2. The number of aromatic nitrogens is 3. The maximum absolute atomic E-state index is 13.3. The van der Waals surface area contributed by atoms with Crippen LogP contribution in [0.25, 0.3) is 31.2 Å². The Hall–Kier alpha value is -3.87. The van der Waals surface area contributed by atoms with Gasteiger partial charge < -0.3 is 10.1 Å². The molecule has 8 bridgehead atoms. The summed E-state index contributed by atoms with van der Waals surface area (Å²) in [5.41, 5.74) is 3.73. The Bertz CT molecular complexity index is 1810. The lowest BCUT2D eigenvalue weighted by molar-refractivity contribution is 0.0951. The molecule has 0 saturated heterocycles. The van der Waals surface area contributed by atoms with Crippen molar-refractivity contribution in [2.45, 2.75) is 18.4 Å². The predicted molar refractivity (Wildman–Crippen MR) is 144 cm³/mol. The van der Waals surface area contributed by atoms with Gasteiger partial charge in [-0.25, -0.2) is 23.4 Å². The number of carbonyl (C=O) groups is 1. The zero-order chi connectivity index (χ0) is 25.7. The number of aryl methyl sites for hydroxylation is 1. The topological polar surface area (TPSA) is 123 Å². The van der Waals surface area contributed by atoms with Crippen LogP contribution < -0.4 is 14.8 Å². The van der Waals surface area contributed by atoms with Gasteiger partial charge in [0.15, 0.2) is 0 Å². The van der Waals surface area contributed by atoms with Gasteiger partial charge in [0.2, 0.25) is 5.88 Å². The number of ether oxygens (including phenoxy) is 1. The molecule has 0 unspecified atom stereocenters. The van der Waals surface area contributed by atoms with Crippen LogP contribution >= 0.6 is 22.7 Å². The van der Waals surface area contributed by atoms with Crippen LogP contribution in [0.15, 0.2) is 59.9 Å². The average molecular weight is 550 g/mol. The standard InChI is InChI=1S/C25H19N5O4S3/c1-13-6-20-22-23-17(28-12-29-22)9-19(36-23)15-8-18(25(34-2)27-10-15)30-37(32,33)16-5-3-4-14(7-16)24(31)26-11-21(13)35-20/h3-10,12,30H,11H2,1-2H3,(H,26,31). The molecule has 0 fully saturated rings. The van der Waals surface area contributed by atoms with Crippen LogP contribution in [0.4, 0.5) is 5.69 Å². The number of nitrogens with zero attached hydrogens (tertiary/aromatic N) is 3. The number of pyridine rings is 1. The molecule has 0 atom stereocenters. The van der Waals surface area contributed by atoms with Gasteiger partial charge in [0, 0.05) is 27.1 Å². The van der Waals surface area contributed by atoms with E-state index in [0.29, 0.717) is 12.1 Å². The van der Waals surface area contributed by atoms with Gasteiger partial charge in [-0.15, -0.1) is 22.7 Å². The van der Waals surface area contributed by atoms with Crippen LogP contribution in [-0.4, -0.2) is 36.4 Å². The third kappa shape index (κ3) is 4.22. The molecule has 0 saturated carbocycles. The van der Waals surface area contributed by atoms with Crippen molar-refractivity contribution in [2.24, 2.45) is 0 Å². The SMILES string of the molecule is COc1ncc2cc1NS(=O)(=O)c1cccc(c1)C(=O)NCc1sc(cc1C)-c1ncnc3cc-2sc13. The Morgan fingerprint density at radius 3 is 2.70 bits per heavy atom. The van der Waals surface area contributed by atoms with E-state index in [1.807, 2.05) is 13.0 Å². The predicted octanol–water partition coefficient (Wildman–Crippen LogP) is 4.84. The number of fused-ring (bicyclic) bond motifs is 9. The zero-order valence-corrected chi connectivity index (χ0v) is 22.1. The van der Waals surface area contributed by atoms with E-state index in [9.17, 15) is 13.2 Å². The molecular formula is C25H19N5O4S3. The molecule has 1 aromatic carbocycles. The molecular weight excluding hydrogens is 531 g/mol. The van der Waals surface area contributed by atoms with Crippen molar-refractivity contribution in [3.8, 4) is 26.9 Å². The van der Waals surface area contributed by atoms with E-state index in [4.69, 9.17) is 4.74 Å². The van der Waals surface area contributed by atoms with Crippen molar-refractivity contribution in [3.05, 3.63) is 71.0 Å². The first-order chi connectivity index (χ1) is 17.8. The summed E-state index contributed by atoms with van der Waals surface area (Å²) in [4.78, 5) is 29.0. The zero-order valence-electron chi connectivity index (χ0n) is 19.6. The highest BCUT2D eigenvalue weighted by molar-refractivity contribution is 7.92. The normalized spacial score (nSPS) is 14.5. The fourth-order valence-corrected chi connectivity index (χ4v) is 7.45. The molecule has 0 spiro atoms. The molecule has 0 radical (unpaired) electrons. The summed E-state index contributed by atoms with van der Waals surface area (Å²) in [5, 5.41) is 2.90. The van der Waals surface area contributed by atoms with Crippen molar-refractivity contribution >= 4 is 54.5 Å². The molecule has 9 nitrogen and oxygen atoms in total. The van der Waals surface area contributed by atoms with E-state index < -0.39 is 10.0 Å². The lowest BCUT2D eigenvalue weighted by atomic mass is 10.2. The molecule has 1 aliphatic heterocycles. The number of sulfonamides is 1. The second-order valence-corrected chi connectivity index (χ2v) is 12.2. The molecule has 1 amide bonds. The lowest BCUT2D eigenvalue weighted by Crippen LogP contribution is -2.23. The van der Waals surface area contributed by atoms with Crippen molar-refractivity contribution in [1.29, 1.82) is 0 Å². The number of carbonyl (C=O) groups excluding carboxylic acids is 1. The molecule has 37 heavy (non-hydrogen) atoms. The van der Waals surface area contributed by atoms with Crippen LogP contribution in [0, 0.1) is 6.92 Å². The summed E-state index contributed by atoms with van der Waals surface area (Å²) >= 11 is 3.06. The first-order valence-electron chi connectivity index (χ1n) is 11.1. The number of amides is 1. The number of hydrogen-bond acceptors (Lipinski definition) is 9. The second-order valence-electron chi connectivity index (χ2n) is 8.36. The monoisotopic (exact) mass is 549 g/mol. The van der Waals surface area contributed by atoms with Crippen molar-refractivity contribution in [1.82, 2.24) is 20.3 Å². The van der Waals surface area contributed by atoms with E-state index in [2.05, 4.69) is 31.1 Å². The molecule has 5 heterocycles. The van der Waals surface area contributed by atoms with Gasteiger partial charge in [-0.1, -0.05) is 6.07 Å². The summed E-state index contributed by atoms with van der Waals surface area (Å²) < 4.78 is 35.4. The van der Waals surface area contributed by atoms with Crippen LogP contribution in [0.5, 0.6) is 5.88 Å². The molecule has 4 aromatic heterocycles.